The summed E-state index contributed by atoms with van der Waals surface area (Å²) >= 11 is 0. The zero-order valence-electron chi connectivity index (χ0n) is 9.99. The van der Waals surface area contributed by atoms with Crippen molar-refractivity contribution in [3.8, 4) is 0 Å². The first kappa shape index (κ1) is 10.6. The van der Waals surface area contributed by atoms with E-state index in [1.54, 1.807) is 0 Å². The Bertz CT molecular complexity index is 458. The van der Waals surface area contributed by atoms with Gasteiger partial charge in [0.05, 0.1) is 11.3 Å². The lowest BCUT2D eigenvalue weighted by molar-refractivity contribution is 0.0925. The number of rotatable bonds is 0. The van der Waals surface area contributed by atoms with Crippen LogP contribution in [0.5, 0.6) is 0 Å². The molecule has 90 valence electrons. The largest absolute Gasteiger partial charge is 0.349 e. The van der Waals surface area contributed by atoms with E-state index in [9.17, 15) is 4.79 Å². The highest BCUT2D eigenvalue weighted by molar-refractivity contribution is 6.03. The summed E-state index contributed by atoms with van der Waals surface area (Å²) in [6.07, 6.45) is 1.10. The summed E-state index contributed by atoms with van der Waals surface area (Å²) in [6, 6.07) is 6.08. The normalized spacial score (nSPS) is 23.5. The molecule has 1 amide bonds. The number of aryl methyl sites for hydroxylation is 1. The molecule has 1 aromatic rings. The van der Waals surface area contributed by atoms with Crippen LogP contribution in [-0.2, 0) is 0 Å². The minimum atomic E-state index is 0.0706. The molecule has 0 aliphatic carbocycles. The molecule has 0 unspecified atom stereocenters. The molecule has 0 radical (unpaired) electrons. The summed E-state index contributed by atoms with van der Waals surface area (Å²) in [6.45, 7) is 4.87. The van der Waals surface area contributed by atoms with Crippen molar-refractivity contribution in [2.75, 3.05) is 24.5 Å². The topological polar surface area (TPSA) is 44.4 Å². The first-order valence-electron chi connectivity index (χ1n) is 6.15. The molecule has 2 heterocycles. The number of hydrogen-bond acceptors (Lipinski definition) is 3. The Morgan fingerprint density at radius 2 is 2.24 bits per heavy atom. The maximum atomic E-state index is 12.1. The number of hydrogen-bond donors (Lipinski definition) is 2. The number of fused-ring (bicyclic) bond motifs is 3. The van der Waals surface area contributed by atoms with Gasteiger partial charge in [-0.1, -0.05) is 12.1 Å². The van der Waals surface area contributed by atoms with Crippen LogP contribution in [0.2, 0.25) is 0 Å². The van der Waals surface area contributed by atoms with Crippen molar-refractivity contribution in [2.24, 2.45) is 0 Å². The predicted octanol–water partition coefficient (Wildman–Crippen LogP) is 0.864. The number of nitrogens with zero attached hydrogens (tertiary/aromatic N) is 1. The third-order valence-corrected chi connectivity index (χ3v) is 3.59. The van der Waals surface area contributed by atoms with Crippen molar-refractivity contribution < 1.29 is 4.79 Å². The molecule has 2 aliphatic heterocycles. The fourth-order valence-electron chi connectivity index (χ4n) is 2.72. The zero-order chi connectivity index (χ0) is 11.8. The van der Waals surface area contributed by atoms with E-state index in [1.807, 2.05) is 19.1 Å². The smallest absolute Gasteiger partial charge is 0.255 e. The zero-order valence-corrected chi connectivity index (χ0v) is 9.99. The molecular formula is C13H17N3O. The lowest BCUT2D eigenvalue weighted by atomic mass is 10.0. The van der Waals surface area contributed by atoms with Gasteiger partial charge in [-0.2, -0.15) is 0 Å². The van der Waals surface area contributed by atoms with Gasteiger partial charge in [0.15, 0.2) is 0 Å². The van der Waals surface area contributed by atoms with E-state index < -0.39 is 0 Å². The SMILES string of the molecule is Cc1cccc2c1C(=O)N[C@@H]1CCNCCN21. The van der Waals surface area contributed by atoms with Crippen molar-refractivity contribution in [3.05, 3.63) is 29.3 Å². The molecule has 17 heavy (non-hydrogen) atoms. The first-order valence-corrected chi connectivity index (χ1v) is 6.15. The van der Waals surface area contributed by atoms with E-state index in [2.05, 4.69) is 21.6 Å². The Morgan fingerprint density at radius 3 is 3.12 bits per heavy atom. The van der Waals surface area contributed by atoms with Crippen LogP contribution in [0.3, 0.4) is 0 Å². The van der Waals surface area contributed by atoms with Gasteiger partial charge >= 0.3 is 0 Å². The van der Waals surface area contributed by atoms with E-state index in [0.717, 1.165) is 42.9 Å². The van der Waals surface area contributed by atoms with Crippen molar-refractivity contribution in [1.29, 1.82) is 0 Å². The van der Waals surface area contributed by atoms with E-state index in [-0.39, 0.29) is 12.1 Å². The number of benzene rings is 1. The molecule has 4 nitrogen and oxygen atoms in total. The van der Waals surface area contributed by atoms with Crippen molar-refractivity contribution in [2.45, 2.75) is 19.5 Å². The summed E-state index contributed by atoms with van der Waals surface area (Å²) in [5, 5.41) is 6.47. The van der Waals surface area contributed by atoms with Gasteiger partial charge in [-0.25, -0.2) is 0 Å². The van der Waals surface area contributed by atoms with Gasteiger partial charge in [-0.3, -0.25) is 4.79 Å². The molecule has 0 bridgehead atoms. The van der Waals surface area contributed by atoms with E-state index in [0.29, 0.717) is 0 Å². The number of carbonyl (C=O) groups excluding carboxylic acids is 1. The van der Waals surface area contributed by atoms with E-state index in [1.165, 1.54) is 0 Å². The first-order chi connectivity index (χ1) is 8.27. The molecular weight excluding hydrogens is 214 g/mol. The molecule has 1 atom stereocenters. The van der Waals surface area contributed by atoms with Crippen molar-refractivity contribution in [1.82, 2.24) is 10.6 Å². The second-order valence-electron chi connectivity index (χ2n) is 4.69. The number of carbonyl (C=O) groups is 1. The van der Waals surface area contributed by atoms with Crippen LogP contribution in [0.15, 0.2) is 18.2 Å². The highest BCUT2D eigenvalue weighted by Crippen LogP contribution is 2.29. The monoisotopic (exact) mass is 231 g/mol. The number of nitrogens with one attached hydrogen (secondary N) is 2. The van der Waals surface area contributed by atoms with Crippen molar-refractivity contribution >= 4 is 11.6 Å². The van der Waals surface area contributed by atoms with Crippen LogP contribution >= 0.6 is 0 Å². The molecule has 1 fully saturated rings. The van der Waals surface area contributed by atoms with Gasteiger partial charge in [-0.15, -0.1) is 0 Å². The standard InChI is InChI=1S/C13H17N3O/c1-9-3-2-4-10-12(9)13(17)15-11-5-6-14-7-8-16(10)11/h2-4,11,14H,5-8H2,1H3,(H,15,17)/t11-/m0/s1. The van der Waals surface area contributed by atoms with Gasteiger partial charge in [0.2, 0.25) is 0 Å². The molecule has 0 spiro atoms. The average molecular weight is 231 g/mol. The van der Waals surface area contributed by atoms with Crippen LogP contribution < -0.4 is 15.5 Å². The highest BCUT2D eigenvalue weighted by Gasteiger charge is 2.31. The van der Waals surface area contributed by atoms with Crippen LogP contribution in [-0.4, -0.2) is 31.7 Å². The molecule has 3 rings (SSSR count). The second-order valence-corrected chi connectivity index (χ2v) is 4.69. The molecule has 4 heteroatoms. The third kappa shape index (κ3) is 1.69. The molecule has 1 saturated heterocycles. The maximum Gasteiger partial charge on any atom is 0.255 e. The van der Waals surface area contributed by atoms with Crippen LogP contribution in [0, 0.1) is 6.92 Å². The van der Waals surface area contributed by atoms with E-state index >= 15 is 0 Å². The summed E-state index contributed by atoms with van der Waals surface area (Å²) in [4.78, 5) is 14.4. The summed E-state index contributed by atoms with van der Waals surface area (Å²) in [5.41, 5.74) is 2.98. The van der Waals surface area contributed by atoms with Gasteiger partial charge < -0.3 is 15.5 Å². The summed E-state index contributed by atoms with van der Waals surface area (Å²) in [5.74, 6) is 0.0706. The average Bonchev–Trinajstić information content (AvgIpc) is 2.54. The van der Waals surface area contributed by atoms with Gasteiger partial charge in [-0.05, 0) is 31.5 Å². The Balaban J connectivity index is 2.08. The van der Waals surface area contributed by atoms with Gasteiger partial charge in [0, 0.05) is 13.1 Å². The fraction of sp³-hybridized carbons (Fsp3) is 0.462. The molecule has 0 saturated carbocycles. The second kappa shape index (κ2) is 4.04. The van der Waals surface area contributed by atoms with Crippen molar-refractivity contribution in [3.63, 3.8) is 0 Å². The lowest BCUT2D eigenvalue weighted by Gasteiger charge is -2.38. The summed E-state index contributed by atoms with van der Waals surface area (Å²) in [7, 11) is 0. The van der Waals surface area contributed by atoms with Gasteiger partial charge in [0.1, 0.15) is 6.17 Å². The fourth-order valence-corrected chi connectivity index (χ4v) is 2.72. The highest BCUT2D eigenvalue weighted by atomic mass is 16.2. The molecule has 0 aromatic heterocycles. The maximum absolute atomic E-state index is 12.1. The molecule has 2 aliphatic rings. The van der Waals surface area contributed by atoms with Crippen LogP contribution in [0.1, 0.15) is 22.3 Å². The minimum absolute atomic E-state index is 0.0706. The Morgan fingerprint density at radius 1 is 1.35 bits per heavy atom. The Kier molecular flexibility index (Phi) is 2.52. The Hall–Kier alpha value is -1.55. The van der Waals surface area contributed by atoms with Crippen LogP contribution in [0.4, 0.5) is 5.69 Å². The third-order valence-electron chi connectivity index (χ3n) is 3.59. The summed E-state index contributed by atoms with van der Waals surface area (Å²) < 4.78 is 0. The van der Waals surface area contributed by atoms with Crippen LogP contribution in [0.25, 0.3) is 0 Å². The van der Waals surface area contributed by atoms with E-state index in [4.69, 9.17) is 0 Å². The quantitative estimate of drug-likeness (QED) is 0.696. The van der Waals surface area contributed by atoms with Gasteiger partial charge in [0.25, 0.3) is 5.91 Å². The molecule has 1 aromatic carbocycles. The Labute approximate surface area is 101 Å². The number of anilines is 1. The molecule has 2 N–H and O–H groups in total. The minimum Gasteiger partial charge on any atom is -0.349 e. The predicted molar refractivity (Wildman–Crippen MR) is 67.3 cm³/mol. The number of amides is 1. The lowest BCUT2D eigenvalue weighted by Crippen LogP contribution is -2.53.